The molecule has 0 aliphatic carbocycles. The van der Waals surface area contributed by atoms with Crippen LogP contribution >= 0.6 is 0 Å². The Kier molecular flexibility index (Phi) is 15.2. The number of amides is 3. The second-order valence-electron chi connectivity index (χ2n) is 6.55. The van der Waals surface area contributed by atoms with Crippen molar-refractivity contribution in [2.45, 2.75) is 31.9 Å². The van der Waals surface area contributed by atoms with E-state index in [9.17, 15) is 19.5 Å². The van der Waals surface area contributed by atoms with E-state index >= 15 is 0 Å². The van der Waals surface area contributed by atoms with Gasteiger partial charge in [0.2, 0.25) is 17.7 Å². The van der Waals surface area contributed by atoms with Crippen molar-refractivity contribution in [3.05, 3.63) is 0 Å². The fraction of sp³-hybridized carbons (Fsp3) is 0.833. The van der Waals surface area contributed by atoms with E-state index in [4.69, 9.17) is 0 Å². The number of nitrogens with zero attached hydrogens (tertiary/aromatic N) is 2. The van der Waals surface area contributed by atoms with Crippen LogP contribution in [-0.4, -0.2) is 106 Å². The van der Waals surface area contributed by atoms with Gasteiger partial charge in [0.15, 0.2) is 0 Å². The van der Waals surface area contributed by atoms with Gasteiger partial charge >= 0.3 is 0 Å². The predicted molar refractivity (Wildman–Crippen MR) is 109 cm³/mol. The number of carbonyl (C=O) groups is 3. The maximum atomic E-state index is 11.6. The molecule has 0 fully saturated rings. The van der Waals surface area contributed by atoms with Crippen molar-refractivity contribution in [2.75, 3.05) is 67.5 Å². The Morgan fingerprint density at radius 2 is 1.04 bits per heavy atom. The number of aliphatic hydroxyl groups is 1. The first-order valence-electron chi connectivity index (χ1n) is 9.78. The fourth-order valence-corrected chi connectivity index (χ4v) is 2.56. The quantitative estimate of drug-likeness (QED) is 0.188. The molecule has 0 saturated carbocycles. The molecule has 10 heteroatoms. The van der Waals surface area contributed by atoms with Gasteiger partial charge in [0.25, 0.3) is 0 Å². The Morgan fingerprint density at radius 3 is 1.36 bits per heavy atom. The monoisotopic (exact) mass is 402 g/mol. The molecule has 0 aliphatic rings. The number of carbonyl (C=O) groups excluding carboxylic acids is 3. The van der Waals surface area contributed by atoms with Gasteiger partial charge in [-0.1, -0.05) is 0 Å². The van der Waals surface area contributed by atoms with Crippen LogP contribution in [0.5, 0.6) is 0 Å². The molecule has 0 aliphatic heterocycles. The third-order valence-corrected chi connectivity index (χ3v) is 4.59. The summed E-state index contributed by atoms with van der Waals surface area (Å²) in [5, 5.41) is 20.3. The summed E-state index contributed by atoms with van der Waals surface area (Å²) in [5.74, 6) is -0.118. The minimum Gasteiger partial charge on any atom is -0.379 e. The summed E-state index contributed by atoms with van der Waals surface area (Å²) in [5.41, 5.74) is 0. The summed E-state index contributed by atoms with van der Waals surface area (Å²) in [6, 6.07) is 0. The Balaban J connectivity index is 4.73. The van der Waals surface area contributed by atoms with Crippen LogP contribution in [0.4, 0.5) is 0 Å². The van der Waals surface area contributed by atoms with Crippen molar-refractivity contribution >= 4 is 17.7 Å². The van der Waals surface area contributed by atoms with Gasteiger partial charge in [0.1, 0.15) is 6.23 Å². The van der Waals surface area contributed by atoms with Gasteiger partial charge in [-0.3, -0.25) is 19.7 Å². The number of aliphatic hydroxyl groups excluding tert-OH is 1. The van der Waals surface area contributed by atoms with Crippen molar-refractivity contribution in [1.29, 1.82) is 0 Å². The minimum atomic E-state index is -0.597. The molecule has 0 bridgehead atoms. The lowest BCUT2D eigenvalue weighted by Gasteiger charge is -2.28. The molecule has 0 spiro atoms. The largest absolute Gasteiger partial charge is 0.379 e. The third kappa shape index (κ3) is 13.4. The first kappa shape index (κ1) is 26.2. The second-order valence-corrected chi connectivity index (χ2v) is 6.55. The summed E-state index contributed by atoms with van der Waals surface area (Å²) >= 11 is 0. The Bertz CT molecular complexity index is 443. The lowest BCUT2D eigenvalue weighted by Crippen LogP contribution is -2.41. The fourth-order valence-electron chi connectivity index (χ4n) is 2.56. The summed E-state index contributed by atoms with van der Waals surface area (Å²) < 4.78 is 0. The summed E-state index contributed by atoms with van der Waals surface area (Å²) in [6.07, 6.45) is 1.05. The second kappa shape index (κ2) is 16.2. The van der Waals surface area contributed by atoms with Crippen LogP contribution in [0.15, 0.2) is 0 Å². The number of nitrogens with one attached hydrogen (secondary N) is 4. The zero-order chi connectivity index (χ0) is 21.4. The molecule has 0 aromatic carbocycles. The lowest BCUT2D eigenvalue weighted by atomic mass is 10.2. The molecule has 0 rings (SSSR count). The Hall–Kier alpha value is -1.75. The molecule has 1 atom stereocenters. The van der Waals surface area contributed by atoms with Gasteiger partial charge in [0.05, 0.1) is 0 Å². The zero-order valence-electron chi connectivity index (χ0n) is 17.7. The highest BCUT2D eigenvalue weighted by Gasteiger charge is 2.14. The van der Waals surface area contributed by atoms with E-state index in [1.54, 1.807) is 28.2 Å². The van der Waals surface area contributed by atoms with E-state index in [-0.39, 0.29) is 17.7 Å². The van der Waals surface area contributed by atoms with Crippen LogP contribution in [0.1, 0.15) is 25.7 Å². The molecule has 10 nitrogen and oxygen atoms in total. The van der Waals surface area contributed by atoms with E-state index < -0.39 is 6.23 Å². The standard InChI is InChI=1S/C18H38N6O4/c1-19-15(25)5-9-23(10-6-16(26)20-2)13-14-24(11-7-17(27)21-3)12-8-18(28)22-4/h15,19,25H,5-14H2,1-4H3,(H,20,26)(H,21,27)(H,22,28). The highest BCUT2D eigenvalue weighted by Crippen LogP contribution is 2.01. The van der Waals surface area contributed by atoms with Gasteiger partial charge in [-0.15, -0.1) is 0 Å². The van der Waals surface area contributed by atoms with Gasteiger partial charge in [-0.05, 0) is 13.5 Å². The molecule has 28 heavy (non-hydrogen) atoms. The Morgan fingerprint density at radius 1 is 0.679 bits per heavy atom. The van der Waals surface area contributed by atoms with Crippen LogP contribution in [0.2, 0.25) is 0 Å². The first-order valence-corrected chi connectivity index (χ1v) is 9.78. The molecule has 3 amide bonds. The average Bonchev–Trinajstić information content (AvgIpc) is 2.72. The van der Waals surface area contributed by atoms with Crippen LogP contribution in [-0.2, 0) is 14.4 Å². The molecular formula is C18H38N6O4. The number of hydrogen-bond donors (Lipinski definition) is 5. The van der Waals surface area contributed by atoms with Crippen molar-refractivity contribution in [1.82, 2.24) is 31.1 Å². The van der Waals surface area contributed by atoms with Crippen molar-refractivity contribution < 1.29 is 19.5 Å². The molecule has 0 aromatic rings. The molecular weight excluding hydrogens is 364 g/mol. The Labute approximate surface area is 168 Å². The van der Waals surface area contributed by atoms with E-state index in [2.05, 4.69) is 31.1 Å². The minimum absolute atomic E-state index is 0.0322. The van der Waals surface area contributed by atoms with Gasteiger partial charge in [0, 0.05) is 79.7 Å². The smallest absolute Gasteiger partial charge is 0.221 e. The number of rotatable bonds is 16. The summed E-state index contributed by atoms with van der Waals surface area (Å²) in [6.45, 7) is 3.66. The molecule has 0 heterocycles. The molecule has 0 saturated heterocycles. The zero-order valence-corrected chi connectivity index (χ0v) is 17.7. The predicted octanol–water partition coefficient (Wildman–Crippen LogP) is -2.07. The van der Waals surface area contributed by atoms with Crippen LogP contribution in [0.3, 0.4) is 0 Å². The van der Waals surface area contributed by atoms with Crippen LogP contribution in [0, 0.1) is 0 Å². The molecule has 5 N–H and O–H groups in total. The van der Waals surface area contributed by atoms with E-state index in [1.807, 2.05) is 0 Å². The van der Waals surface area contributed by atoms with Gasteiger partial charge < -0.3 is 30.9 Å². The van der Waals surface area contributed by atoms with Crippen molar-refractivity contribution in [3.63, 3.8) is 0 Å². The highest BCUT2D eigenvalue weighted by molar-refractivity contribution is 5.76. The highest BCUT2D eigenvalue weighted by atomic mass is 16.3. The number of hydrogen-bond acceptors (Lipinski definition) is 7. The normalized spacial score (nSPS) is 12.1. The maximum Gasteiger partial charge on any atom is 0.221 e. The van der Waals surface area contributed by atoms with Crippen molar-refractivity contribution in [3.8, 4) is 0 Å². The molecule has 0 aromatic heterocycles. The molecule has 0 radical (unpaired) electrons. The van der Waals surface area contributed by atoms with Gasteiger partial charge in [-0.2, -0.15) is 0 Å². The third-order valence-electron chi connectivity index (χ3n) is 4.59. The van der Waals surface area contributed by atoms with Gasteiger partial charge in [-0.25, -0.2) is 0 Å². The van der Waals surface area contributed by atoms with E-state index in [1.165, 1.54) is 0 Å². The maximum absolute atomic E-state index is 11.6. The molecule has 164 valence electrons. The lowest BCUT2D eigenvalue weighted by molar-refractivity contribution is -0.122. The first-order chi connectivity index (χ1) is 13.4. The molecule has 1 unspecified atom stereocenters. The topological polar surface area (TPSA) is 126 Å². The van der Waals surface area contributed by atoms with E-state index in [0.29, 0.717) is 65.0 Å². The summed E-state index contributed by atoms with van der Waals surface area (Å²) in [7, 11) is 6.51. The van der Waals surface area contributed by atoms with Crippen LogP contribution in [0.25, 0.3) is 0 Å². The SMILES string of the molecule is CNC(=O)CCN(CCC(=O)NC)CCN(CCC(=O)NC)CCC(O)NC. The van der Waals surface area contributed by atoms with Crippen molar-refractivity contribution in [2.24, 2.45) is 0 Å². The summed E-state index contributed by atoms with van der Waals surface area (Å²) in [4.78, 5) is 38.9. The van der Waals surface area contributed by atoms with Crippen LogP contribution < -0.4 is 21.3 Å². The average molecular weight is 403 g/mol. The van der Waals surface area contributed by atoms with E-state index in [0.717, 1.165) is 0 Å².